The molecule has 1 aliphatic rings. The molecule has 2 aromatic heterocycles. The fourth-order valence-corrected chi connectivity index (χ4v) is 2.72. The maximum Gasteiger partial charge on any atom is 0.224 e. The van der Waals surface area contributed by atoms with Crippen molar-refractivity contribution >= 4 is 11.8 Å². The van der Waals surface area contributed by atoms with E-state index >= 15 is 0 Å². The maximum atomic E-state index is 9.03. The van der Waals surface area contributed by atoms with E-state index in [0.29, 0.717) is 31.6 Å². The molecule has 7 heteroatoms. The van der Waals surface area contributed by atoms with Crippen LogP contribution in [0, 0.1) is 0 Å². The van der Waals surface area contributed by atoms with E-state index in [-0.39, 0.29) is 6.61 Å². The first-order valence-corrected chi connectivity index (χ1v) is 8.18. The van der Waals surface area contributed by atoms with Gasteiger partial charge in [-0.2, -0.15) is 4.98 Å². The Morgan fingerprint density at radius 3 is 3.04 bits per heavy atom. The lowest BCUT2D eigenvalue weighted by Crippen LogP contribution is -2.20. The van der Waals surface area contributed by atoms with Gasteiger partial charge in [0.15, 0.2) is 0 Å². The predicted octanol–water partition coefficient (Wildman–Crippen LogP) is 1.42. The Bertz CT molecular complexity index is 647. The van der Waals surface area contributed by atoms with Crippen LogP contribution in [0.3, 0.4) is 0 Å². The zero-order chi connectivity index (χ0) is 16.8. The first kappa shape index (κ1) is 16.6. The highest BCUT2D eigenvalue weighted by atomic mass is 16.5. The van der Waals surface area contributed by atoms with Crippen LogP contribution < -0.4 is 10.2 Å². The summed E-state index contributed by atoms with van der Waals surface area (Å²) in [6.07, 6.45) is 4.60. The monoisotopic (exact) mass is 329 g/mol. The molecule has 24 heavy (non-hydrogen) atoms. The summed E-state index contributed by atoms with van der Waals surface area (Å²) in [5.74, 6) is 1.69. The van der Waals surface area contributed by atoms with Gasteiger partial charge in [0.1, 0.15) is 5.82 Å². The molecule has 0 spiro atoms. The summed E-state index contributed by atoms with van der Waals surface area (Å²) in [4.78, 5) is 15.4. The Labute approximate surface area is 141 Å². The average Bonchev–Trinajstić information content (AvgIpc) is 3.15. The molecule has 1 fully saturated rings. The van der Waals surface area contributed by atoms with Crippen LogP contribution >= 0.6 is 0 Å². The number of nitrogens with zero attached hydrogens (tertiary/aromatic N) is 4. The molecule has 0 bridgehead atoms. The number of hydrogen-bond donors (Lipinski definition) is 2. The molecule has 3 rings (SSSR count). The Kier molecular flexibility index (Phi) is 5.55. The van der Waals surface area contributed by atoms with Crippen LogP contribution in [0.2, 0.25) is 0 Å². The van der Waals surface area contributed by atoms with E-state index < -0.39 is 0 Å². The molecular weight excluding hydrogens is 306 g/mol. The third-order valence-corrected chi connectivity index (χ3v) is 4.01. The Hall–Kier alpha value is -2.25. The van der Waals surface area contributed by atoms with Gasteiger partial charge in [0.2, 0.25) is 5.95 Å². The normalized spacial score (nSPS) is 17.0. The Balaban J connectivity index is 1.82. The van der Waals surface area contributed by atoms with Gasteiger partial charge in [-0.05, 0) is 18.1 Å². The number of aromatic nitrogens is 3. The molecule has 0 aliphatic carbocycles. The van der Waals surface area contributed by atoms with Crippen LogP contribution in [0.5, 0.6) is 0 Å². The molecule has 0 saturated carbocycles. The zero-order valence-corrected chi connectivity index (χ0v) is 13.9. The fraction of sp³-hybridized carbons (Fsp3) is 0.471. The van der Waals surface area contributed by atoms with Gasteiger partial charge in [-0.1, -0.05) is 6.07 Å². The van der Waals surface area contributed by atoms with Gasteiger partial charge < -0.3 is 20.1 Å². The van der Waals surface area contributed by atoms with Crippen molar-refractivity contribution in [1.29, 1.82) is 0 Å². The van der Waals surface area contributed by atoms with Gasteiger partial charge in [-0.3, -0.25) is 4.98 Å². The first-order chi connectivity index (χ1) is 11.8. The molecule has 3 heterocycles. The van der Waals surface area contributed by atoms with E-state index in [4.69, 9.17) is 9.84 Å². The van der Waals surface area contributed by atoms with Gasteiger partial charge >= 0.3 is 0 Å². The molecule has 7 nitrogen and oxygen atoms in total. The lowest BCUT2D eigenvalue weighted by atomic mass is 10.0. The van der Waals surface area contributed by atoms with Crippen LogP contribution in [0.15, 0.2) is 30.6 Å². The van der Waals surface area contributed by atoms with Crippen molar-refractivity contribution in [1.82, 2.24) is 15.0 Å². The van der Waals surface area contributed by atoms with E-state index in [9.17, 15) is 0 Å². The third-order valence-electron chi connectivity index (χ3n) is 4.01. The number of nitrogens with one attached hydrogen (secondary N) is 1. The number of anilines is 2. The maximum absolute atomic E-state index is 9.03. The second-order valence-electron chi connectivity index (χ2n) is 5.90. The number of ether oxygens (including phenoxy) is 1. The highest BCUT2D eigenvalue weighted by Gasteiger charge is 2.21. The minimum atomic E-state index is 0.0426. The number of aliphatic hydroxyl groups is 1. The fourth-order valence-electron chi connectivity index (χ4n) is 2.72. The summed E-state index contributed by atoms with van der Waals surface area (Å²) in [5.41, 5.74) is 2.10. The molecule has 2 aromatic rings. The summed E-state index contributed by atoms with van der Waals surface area (Å²) >= 11 is 0. The van der Waals surface area contributed by atoms with Crippen LogP contribution in [0.1, 0.15) is 23.6 Å². The Morgan fingerprint density at radius 2 is 2.33 bits per heavy atom. The van der Waals surface area contributed by atoms with Crippen molar-refractivity contribution < 1.29 is 9.84 Å². The van der Waals surface area contributed by atoms with E-state index in [1.54, 1.807) is 6.20 Å². The van der Waals surface area contributed by atoms with Crippen LogP contribution in [0.25, 0.3) is 0 Å². The molecular formula is C17H23N5O2. The SMILES string of the molecule is CN(Cc1cccnc1)c1cc(C2CCOC2)nc(NCCO)n1. The van der Waals surface area contributed by atoms with Gasteiger partial charge in [-0.15, -0.1) is 0 Å². The molecule has 128 valence electrons. The minimum Gasteiger partial charge on any atom is -0.395 e. The molecule has 0 amide bonds. The van der Waals surface area contributed by atoms with Gasteiger partial charge in [0, 0.05) is 51.1 Å². The third kappa shape index (κ3) is 4.18. The van der Waals surface area contributed by atoms with Gasteiger partial charge in [0.05, 0.1) is 18.9 Å². The second kappa shape index (κ2) is 8.03. The van der Waals surface area contributed by atoms with E-state index in [2.05, 4.69) is 25.2 Å². The molecule has 1 unspecified atom stereocenters. The summed E-state index contributed by atoms with van der Waals surface area (Å²) < 4.78 is 5.49. The molecule has 1 saturated heterocycles. The zero-order valence-electron chi connectivity index (χ0n) is 13.9. The lowest BCUT2D eigenvalue weighted by Gasteiger charge is -2.20. The van der Waals surface area contributed by atoms with Crippen LogP contribution in [-0.2, 0) is 11.3 Å². The predicted molar refractivity (Wildman–Crippen MR) is 92.1 cm³/mol. The highest BCUT2D eigenvalue weighted by molar-refractivity contribution is 5.45. The smallest absolute Gasteiger partial charge is 0.224 e. The van der Waals surface area contributed by atoms with E-state index in [0.717, 1.165) is 30.1 Å². The average molecular weight is 329 g/mol. The molecule has 0 radical (unpaired) electrons. The number of aliphatic hydroxyl groups excluding tert-OH is 1. The molecule has 0 aromatic carbocycles. The Morgan fingerprint density at radius 1 is 1.42 bits per heavy atom. The lowest BCUT2D eigenvalue weighted by molar-refractivity contribution is 0.193. The summed E-state index contributed by atoms with van der Waals surface area (Å²) in [6, 6.07) is 6.00. The summed E-state index contributed by atoms with van der Waals surface area (Å²) in [7, 11) is 2.00. The van der Waals surface area contributed by atoms with Crippen LogP contribution in [-0.4, -0.2) is 53.5 Å². The summed E-state index contributed by atoms with van der Waals surface area (Å²) in [6.45, 7) is 2.65. The van der Waals surface area contributed by atoms with Gasteiger partial charge in [-0.25, -0.2) is 4.98 Å². The quantitative estimate of drug-likeness (QED) is 0.795. The van der Waals surface area contributed by atoms with E-state index in [1.165, 1.54) is 0 Å². The second-order valence-corrected chi connectivity index (χ2v) is 5.90. The number of hydrogen-bond acceptors (Lipinski definition) is 7. The van der Waals surface area contributed by atoms with Gasteiger partial charge in [0.25, 0.3) is 0 Å². The first-order valence-electron chi connectivity index (χ1n) is 8.18. The largest absolute Gasteiger partial charge is 0.395 e. The standard InChI is InChI=1S/C17H23N5O2/c1-22(11-13-3-2-5-18-10-13)16-9-15(14-4-8-24-12-14)20-17(21-16)19-6-7-23/h2-3,5,9-10,14,23H,4,6-8,11-12H2,1H3,(H,19,20,21). The molecule has 2 N–H and O–H groups in total. The summed E-state index contributed by atoms with van der Waals surface area (Å²) in [5, 5.41) is 12.1. The minimum absolute atomic E-state index is 0.0426. The topological polar surface area (TPSA) is 83.4 Å². The van der Waals surface area contributed by atoms with Crippen LogP contribution in [0.4, 0.5) is 11.8 Å². The highest BCUT2D eigenvalue weighted by Crippen LogP contribution is 2.27. The van der Waals surface area contributed by atoms with Crippen molar-refractivity contribution in [2.45, 2.75) is 18.9 Å². The van der Waals surface area contributed by atoms with Crippen molar-refractivity contribution in [3.05, 3.63) is 41.9 Å². The number of pyridine rings is 1. The van der Waals surface area contributed by atoms with Crippen molar-refractivity contribution in [3.8, 4) is 0 Å². The van der Waals surface area contributed by atoms with Crippen molar-refractivity contribution in [2.24, 2.45) is 0 Å². The molecule has 1 aliphatic heterocycles. The molecule has 1 atom stereocenters. The van der Waals surface area contributed by atoms with Crippen molar-refractivity contribution in [2.75, 3.05) is 43.6 Å². The van der Waals surface area contributed by atoms with E-state index in [1.807, 2.05) is 31.4 Å². The van der Waals surface area contributed by atoms with Crippen molar-refractivity contribution in [3.63, 3.8) is 0 Å². The number of rotatable bonds is 7.